The summed E-state index contributed by atoms with van der Waals surface area (Å²) in [6.45, 7) is 2.57. The molecule has 0 saturated heterocycles. The van der Waals surface area contributed by atoms with Gasteiger partial charge in [0.1, 0.15) is 0 Å². The number of carbonyl (C=O) groups is 1. The summed E-state index contributed by atoms with van der Waals surface area (Å²) in [5, 5.41) is 3.50. The first-order valence-electron chi connectivity index (χ1n) is 5.74. The molecule has 0 radical (unpaired) electrons. The van der Waals surface area contributed by atoms with Crippen LogP contribution in [0.4, 0.5) is 0 Å². The fraction of sp³-hybridized carbons (Fsp3) is 0.133. The van der Waals surface area contributed by atoms with Gasteiger partial charge in [-0.25, -0.2) is 0 Å². The van der Waals surface area contributed by atoms with E-state index in [9.17, 15) is 4.79 Å². The summed E-state index contributed by atoms with van der Waals surface area (Å²) in [4.78, 5) is 11.8. The van der Waals surface area contributed by atoms with Crippen LogP contribution in [0.1, 0.15) is 21.5 Å². The van der Waals surface area contributed by atoms with E-state index in [2.05, 4.69) is 5.32 Å². The van der Waals surface area contributed by atoms with E-state index in [0.29, 0.717) is 17.1 Å². The molecule has 92 valence electrons. The largest absolute Gasteiger partial charge is 0.348 e. The van der Waals surface area contributed by atoms with Gasteiger partial charge in [0, 0.05) is 17.1 Å². The van der Waals surface area contributed by atoms with Gasteiger partial charge in [-0.05, 0) is 36.8 Å². The molecule has 0 aliphatic heterocycles. The van der Waals surface area contributed by atoms with Crippen LogP contribution in [-0.2, 0) is 6.54 Å². The van der Waals surface area contributed by atoms with Crippen LogP contribution in [0.2, 0.25) is 5.02 Å². The lowest BCUT2D eigenvalue weighted by molar-refractivity contribution is 0.0951. The van der Waals surface area contributed by atoms with Crippen molar-refractivity contribution in [3.63, 3.8) is 0 Å². The zero-order valence-electron chi connectivity index (χ0n) is 10.1. The van der Waals surface area contributed by atoms with E-state index in [-0.39, 0.29) is 5.91 Å². The molecule has 1 amide bonds. The van der Waals surface area contributed by atoms with Gasteiger partial charge >= 0.3 is 0 Å². The number of carbonyl (C=O) groups excluding carboxylic acids is 1. The van der Waals surface area contributed by atoms with Crippen LogP contribution in [0.5, 0.6) is 0 Å². The SMILES string of the molecule is Cc1ccc(CNC(=O)c2ccc(Cl)cc2)cc1. The van der Waals surface area contributed by atoms with E-state index in [1.54, 1.807) is 24.3 Å². The Labute approximate surface area is 112 Å². The Balaban J connectivity index is 1.96. The first kappa shape index (κ1) is 12.7. The monoisotopic (exact) mass is 259 g/mol. The molecule has 2 aromatic carbocycles. The number of nitrogens with one attached hydrogen (secondary N) is 1. The summed E-state index contributed by atoms with van der Waals surface area (Å²) in [6, 6.07) is 14.9. The Hall–Kier alpha value is -1.80. The summed E-state index contributed by atoms with van der Waals surface area (Å²) >= 11 is 5.77. The van der Waals surface area contributed by atoms with Crippen molar-refractivity contribution in [2.75, 3.05) is 0 Å². The molecule has 0 aliphatic rings. The van der Waals surface area contributed by atoms with Crippen LogP contribution in [0.15, 0.2) is 48.5 Å². The first-order chi connectivity index (χ1) is 8.65. The van der Waals surface area contributed by atoms with Crippen molar-refractivity contribution >= 4 is 17.5 Å². The number of halogens is 1. The molecule has 2 rings (SSSR count). The third-order valence-electron chi connectivity index (χ3n) is 2.68. The molecule has 2 nitrogen and oxygen atoms in total. The van der Waals surface area contributed by atoms with Gasteiger partial charge in [0.05, 0.1) is 0 Å². The lowest BCUT2D eigenvalue weighted by Gasteiger charge is -2.05. The zero-order valence-corrected chi connectivity index (χ0v) is 10.9. The molecule has 18 heavy (non-hydrogen) atoms. The fourth-order valence-electron chi connectivity index (χ4n) is 1.59. The Morgan fingerprint density at radius 1 is 1.06 bits per heavy atom. The molecule has 0 aromatic heterocycles. The molecule has 0 spiro atoms. The van der Waals surface area contributed by atoms with Crippen LogP contribution in [0, 0.1) is 6.92 Å². The number of benzene rings is 2. The highest BCUT2D eigenvalue weighted by molar-refractivity contribution is 6.30. The van der Waals surface area contributed by atoms with Gasteiger partial charge in [-0.1, -0.05) is 41.4 Å². The number of amides is 1. The van der Waals surface area contributed by atoms with Crippen molar-refractivity contribution in [2.45, 2.75) is 13.5 Å². The number of rotatable bonds is 3. The van der Waals surface area contributed by atoms with E-state index in [0.717, 1.165) is 5.56 Å². The summed E-state index contributed by atoms with van der Waals surface area (Å²) in [7, 11) is 0. The maximum Gasteiger partial charge on any atom is 0.251 e. The van der Waals surface area contributed by atoms with Gasteiger partial charge in [0.15, 0.2) is 0 Å². The number of hydrogen-bond donors (Lipinski definition) is 1. The first-order valence-corrected chi connectivity index (χ1v) is 6.12. The number of aryl methyl sites for hydroxylation is 1. The highest BCUT2D eigenvalue weighted by Gasteiger charge is 2.04. The second kappa shape index (κ2) is 5.69. The van der Waals surface area contributed by atoms with Gasteiger partial charge in [-0.3, -0.25) is 4.79 Å². The highest BCUT2D eigenvalue weighted by atomic mass is 35.5. The molecule has 0 bridgehead atoms. The Bertz CT molecular complexity index is 531. The minimum Gasteiger partial charge on any atom is -0.348 e. The van der Waals surface area contributed by atoms with Crippen molar-refractivity contribution < 1.29 is 4.79 Å². The summed E-state index contributed by atoms with van der Waals surface area (Å²) in [5.74, 6) is -0.0905. The standard InChI is InChI=1S/C15H14ClNO/c1-11-2-4-12(5-3-11)10-17-15(18)13-6-8-14(16)9-7-13/h2-9H,10H2,1H3,(H,17,18). The molecular formula is C15H14ClNO. The van der Waals surface area contributed by atoms with Gasteiger partial charge in [0.2, 0.25) is 0 Å². The minimum absolute atomic E-state index is 0.0905. The Kier molecular flexibility index (Phi) is 4.00. The molecule has 0 aliphatic carbocycles. The van der Waals surface area contributed by atoms with Crippen molar-refractivity contribution in [3.8, 4) is 0 Å². The minimum atomic E-state index is -0.0905. The van der Waals surface area contributed by atoms with E-state index in [4.69, 9.17) is 11.6 Å². The van der Waals surface area contributed by atoms with E-state index in [1.165, 1.54) is 5.56 Å². The van der Waals surface area contributed by atoms with Crippen molar-refractivity contribution in [1.29, 1.82) is 0 Å². The lowest BCUT2D eigenvalue weighted by atomic mass is 10.1. The molecule has 0 atom stereocenters. The molecule has 3 heteroatoms. The molecule has 2 aromatic rings. The summed E-state index contributed by atoms with van der Waals surface area (Å²) < 4.78 is 0. The van der Waals surface area contributed by atoms with Gasteiger partial charge in [-0.15, -0.1) is 0 Å². The molecule has 1 N–H and O–H groups in total. The van der Waals surface area contributed by atoms with Crippen LogP contribution in [0.3, 0.4) is 0 Å². The number of hydrogen-bond acceptors (Lipinski definition) is 1. The maximum absolute atomic E-state index is 11.8. The Morgan fingerprint density at radius 3 is 2.28 bits per heavy atom. The molecule has 0 saturated carbocycles. The normalized spacial score (nSPS) is 10.1. The van der Waals surface area contributed by atoms with Gasteiger partial charge in [0.25, 0.3) is 5.91 Å². The molecule has 0 fully saturated rings. The molecule has 0 heterocycles. The Morgan fingerprint density at radius 2 is 1.67 bits per heavy atom. The smallest absolute Gasteiger partial charge is 0.251 e. The second-order valence-electron chi connectivity index (χ2n) is 4.18. The van der Waals surface area contributed by atoms with E-state index in [1.807, 2.05) is 31.2 Å². The van der Waals surface area contributed by atoms with E-state index >= 15 is 0 Å². The van der Waals surface area contributed by atoms with Crippen LogP contribution in [0.25, 0.3) is 0 Å². The van der Waals surface area contributed by atoms with Crippen LogP contribution < -0.4 is 5.32 Å². The van der Waals surface area contributed by atoms with E-state index < -0.39 is 0 Å². The van der Waals surface area contributed by atoms with Gasteiger partial charge in [-0.2, -0.15) is 0 Å². The summed E-state index contributed by atoms with van der Waals surface area (Å²) in [6.07, 6.45) is 0. The second-order valence-corrected chi connectivity index (χ2v) is 4.61. The molecular weight excluding hydrogens is 246 g/mol. The highest BCUT2D eigenvalue weighted by Crippen LogP contribution is 2.09. The quantitative estimate of drug-likeness (QED) is 0.897. The topological polar surface area (TPSA) is 29.1 Å². The summed E-state index contributed by atoms with van der Waals surface area (Å²) in [5.41, 5.74) is 2.91. The van der Waals surface area contributed by atoms with Crippen molar-refractivity contribution in [1.82, 2.24) is 5.32 Å². The van der Waals surface area contributed by atoms with Crippen molar-refractivity contribution in [2.24, 2.45) is 0 Å². The van der Waals surface area contributed by atoms with Gasteiger partial charge < -0.3 is 5.32 Å². The fourth-order valence-corrected chi connectivity index (χ4v) is 1.72. The predicted molar refractivity (Wildman–Crippen MR) is 73.8 cm³/mol. The maximum atomic E-state index is 11.8. The third kappa shape index (κ3) is 3.34. The van der Waals surface area contributed by atoms with Crippen LogP contribution >= 0.6 is 11.6 Å². The average Bonchev–Trinajstić information content (AvgIpc) is 2.38. The molecule has 0 unspecified atom stereocenters. The van der Waals surface area contributed by atoms with Crippen molar-refractivity contribution in [3.05, 3.63) is 70.2 Å². The third-order valence-corrected chi connectivity index (χ3v) is 2.93. The van der Waals surface area contributed by atoms with Crippen LogP contribution in [-0.4, -0.2) is 5.91 Å². The lowest BCUT2D eigenvalue weighted by Crippen LogP contribution is -2.22. The average molecular weight is 260 g/mol. The predicted octanol–water partition coefficient (Wildman–Crippen LogP) is 3.58. The zero-order chi connectivity index (χ0) is 13.0.